The number of aromatic nitrogens is 2. The second-order valence-corrected chi connectivity index (χ2v) is 11.2. The highest BCUT2D eigenvalue weighted by Crippen LogP contribution is 2.37. The van der Waals surface area contributed by atoms with E-state index in [1.807, 2.05) is 44.5 Å². The van der Waals surface area contributed by atoms with Crippen molar-refractivity contribution in [2.24, 2.45) is 0 Å². The fourth-order valence-electron chi connectivity index (χ4n) is 4.15. The fraction of sp³-hybridized carbons (Fsp3) is 0.207. The van der Waals surface area contributed by atoms with E-state index in [2.05, 4.69) is 9.97 Å². The molecule has 0 fully saturated rings. The highest BCUT2D eigenvalue weighted by molar-refractivity contribution is 7.90. The average molecular weight is 582 g/mol. The number of halogens is 1. The summed E-state index contributed by atoms with van der Waals surface area (Å²) in [5.41, 5.74) is 2.51. The lowest BCUT2D eigenvalue weighted by molar-refractivity contribution is 0.0978. The van der Waals surface area contributed by atoms with Crippen LogP contribution < -0.4 is 19.8 Å². The fourth-order valence-corrected chi connectivity index (χ4v) is 5.45. The lowest BCUT2D eigenvalue weighted by Gasteiger charge is -2.16. The number of aromatic amines is 1. The molecule has 2 N–H and O–H groups in total. The molecule has 4 rings (SSSR count). The van der Waals surface area contributed by atoms with E-state index in [0.29, 0.717) is 34.4 Å². The Hall–Kier alpha value is -4.15. The van der Waals surface area contributed by atoms with Gasteiger partial charge in [0, 0.05) is 11.8 Å². The molecular weight excluding hydrogens is 554 g/mol. The van der Waals surface area contributed by atoms with E-state index in [1.165, 1.54) is 24.4 Å². The monoisotopic (exact) mass is 581 g/mol. The van der Waals surface area contributed by atoms with E-state index >= 15 is 0 Å². The van der Waals surface area contributed by atoms with Gasteiger partial charge in [0.15, 0.2) is 4.90 Å². The van der Waals surface area contributed by atoms with E-state index in [0.717, 1.165) is 29.2 Å². The van der Waals surface area contributed by atoms with Crippen LogP contribution in [0.5, 0.6) is 17.4 Å². The van der Waals surface area contributed by atoms with Gasteiger partial charge in [-0.25, -0.2) is 18.1 Å². The van der Waals surface area contributed by atoms with Crippen LogP contribution in [-0.4, -0.2) is 30.9 Å². The van der Waals surface area contributed by atoms with Crippen molar-refractivity contribution >= 4 is 27.5 Å². The highest BCUT2D eigenvalue weighted by atomic mass is 35.5. The molecule has 0 atom stereocenters. The Balaban J connectivity index is 1.81. The van der Waals surface area contributed by atoms with E-state index in [-0.39, 0.29) is 11.4 Å². The Bertz CT molecular complexity index is 1730. The number of H-pyrrole nitrogens is 1. The Kier molecular flexibility index (Phi) is 8.61. The first-order chi connectivity index (χ1) is 19.0. The van der Waals surface area contributed by atoms with Crippen LogP contribution in [0.3, 0.4) is 0 Å². The number of hydrogen-bond donors (Lipinski definition) is 2. The Labute approximate surface area is 237 Å². The number of pyridine rings is 2. The second kappa shape index (κ2) is 11.9. The van der Waals surface area contributed by atoms with Crippen molar-refractivity contribution in [3.05, 3.63) is 98.4 Å². The van der Waals surface area contributed by atoms with Gasteiger partial charge < -0.3 is 14.5 Å². The molecule has 0 aliphatic rings. The SMILES string of the molecule is CCCOc1cccc(-c2ccc(C(=O)NS(=O)(=O)c3ccc[nH]c3=O)c(Oc3c(C)cc(C)cc3C)n2)c1Cl. The molecule has 0 aliphatic heterocycles. The number of hydrogen-bond acceptors (Lipinski definition) is 7. The molecule has 1 amide bonds. The van der Waals surface area contributed by atoms with E-state index in [4.69, 9.17) is 21.1 Å². The molecule has 2 heterocycles. The maximum absolute atomic E-state index is 13.3. The number of nitrogens with one attached hydrogen (secondary N) is 2. The molecule has 2 aromatic heterocycles. The van der Waals surface area contributed by atoms with Gasteiger partial charge in [0.05, 0.1) is 17.3 Å². The maximum Gasteiger partial charge on any atom is 0.270 e. The van der Waals surface area contributed by atoms with Gasteiger partial charge in [0.25, 0.3) is 21.5 Å². The van der Waals surface area contributed by atoms with Crippen molar-refractivity contribution in [2.75, 3.05) is 6.61 Å². The lowest BCUT2D eigenvalue weighted by atomic mass is 10.1. The van der Waals surface area contributed by atoms with E-state index < -0.39 is 26.4 Å². The molecule has 11 heteroatoms. The summed E-state index contributed by atoms with van der Waals surface area (Å²) in [7, 11) is -4.50. The molecule has 0 unspecified atom stereocenters. The number of ether oxygens (including phenoxy) is 2. The van der Waals surface area contributed by atoms with Gasteiger partial charge in [-0.3, -0.25) is 9.59 Å². The highest BCUT2D eigenvalue weighted by Gasteiger charge is 2.26. The zero-order valence-electron chi connectivity index (χ0n) is 22.4. The summed E-state index contributed by atoms with van der Waals surface area (Å²) in [5, 5.41) is 0.333. The van der Waals surface area contributed by atoms with Gasteiger partial charge in [-0.15, -0.1) is 0 Å². The van der Waals surface area contributed by atoms with Crippen molar-refractivity contribution in [3.63, 3.8) is 0 Å². The van der Waals surface area contributed by atoms with Crippen molar-refractivity contribution in [1.82, 2.24) is 14.7 Å². The van der Waals surface area contributed by atoms with Crippen LogP contribution in [-0.2, 0) is 10.0 Å². The number of sulfonamides is 1. The average Bonchev–Trinajstić information content (AvgIpc) is 2.90. The van der Waals surface area contributed by atoms with Crippen LogP contribution in [0.15, 0.2) is 70.5 Å². The van der Waals surface area contributed by atoms with Crippen molar-refractivity contribution in [1.29, 1.82) is 0 Å². The third-order valence-electron chi connectivity index (χ3n) is 5.91. The number of carbonyl (C=O) groups excluding carboxylic acids is 1. The molecule has 0 saturated carbocycles. The number of rotatable bonds is 9. The van der Waals surface area contributed by atoms with Crippen molar-refractivity contribution in [3.8, 4) is 28.6 Å². The quantitative estimate of drug-likeness (QED) is 0.259. The summed E-state index contributed by atoms with van der Waals surface area (Å²) >= 11 is 6.63. The number of nitrogens with zero attached hydrogens (tertiary/aromatic N) is 1. The number of amides is 1. The number of benzene rings is 2. The molecule has 0 saturated heterocycles. The zero-order valence-corrected chi connectivity index (χ0v) is 23.9. The van der Waals surface area contributed by atoms with E-state index in [9.17, 15) is 18.0 Å². The molecule has 0 aliphatic carbocycles. The largest absolute Gasteiger partial charge is 0.492 e. The Morgan fingerprint density at radius 1 is 1.05 bits per heavy atom. The van der Waals surface area contributed by atoms with Crippen LogP contribution in [0.1, 0.15) is 40.4 Å². The second-order valence-electron chi connectivity index (χ2n) is 9.14. The van der Waals surface area contributed by atoms with Crippen molar-refractivity contribution in [2.45, 2.75) is 39.0 Å². The summed E-state index contributed by atoms with van der Waals surface area (Å²) in [4.78, 5) is 31.6. The molecule has 2 aromatic carbocycles. The third-order valence-corrected chi connectivity index (χ3v) is 7.65. The van der Waals surface area contributed by atoms with Crippen LogP contribution in [0, 0.1) is 20.8 Å². The normalized spacial score (nSPS) is 11.2. The minimum atomic E-state index is -4.50. The van der Waals surface area contributed by atoms with Gasteiger partial charge in [-0.05, 0) is 68.7 Å². The molecule has 9 nitrogen and oxygen atoms in total. The number of carbonyl (C=O) groups is 1. The van der Waals surface area contributed by atoms with Gasteiger partial charge in [0.2, 0.25) is 5.88 Å². The smallest absolute Gasteiger partial charge is 0.270 e. The number of aryl methyl sites for hydroxylation is 3. The van der Waals surface area contributed by atoms with E-state index in [1.54, 1.807) is 18.2 Å². The van der Waals surface area contributed by atoms with Crippen LogP contribution in [0.4, 0.5) is 0 Å². The van der Waals surface area contributed by atoms with Gasteiger partial charge in [-0.1, -0.05) is 48.4 Å². The minimum Gasteiger partial charge on any atom is -0.492 e. The van der Waals surface area contributed by atoms with Crippen LogP contribution >= 0.6 is 11.6 Å². The summed E-state index contributed by atoms with van der Waals surface area (Å²) in [6.45, 7) is 8.13. The molecule has 0 bridgehead atoms. The Morgan fingerprint density at radius 2 is 1.77 bits per heavy atom. The predicted molar refractivity (Wildman–Crippen MR) is 153 cm³/mol. The minimum absolute atomic E-state index is 0.141. The zero-order chi connectivity index (χ0) is 29.0. The summed E-state index contributed by atoms with van der Waals surface area (Å²) < 4.78 is 39.6. The molecule has 4 aromatic rings. The maximum atomic E-state index is 13.3. The summed E-state index contributed by atoms with van der Waals surface area (Å²) in [5.74, 6) is -0.210. The molecule has 208 valence electrons. The van der Waals surface area contributed by atoms with Crippen LogP contribution in [0.25, 0.3) is 11.3 Å². The van der Waals surface area contributed by atoms with Gasteiger partial charge in [-0.2, -0.15) is 0 Å². The van der Waals surface area contributed by atoms with Crippen LogP contribution in [0.2, 0.25) is 5.02 Å². The molecule has 0 spiro atoms. The molecular formula is C29H28ClN3O6S. The topological polar surface area (TPSA) is 127 Å². The predicted octanol–water partition coefficient (Wildman–Crippen LogP) is 5.72. The lowest BCUT2D eigenvalue weighted by Crippen LogP contribution is -2.34. The Morgan fingerprint density at radius 3 is 2.45 bits per heavy atom. The molecule has 0 radical (unpaired) electrons. The molecule has 40 heavy (non-hydrogen) atoms. The first-order valence-corrected chi connectivity index (χ1v) is 14.3. The summed E-state index contributed by atoms with van der Waals surface area (Å²) in [6.07, 6.45) is 2.09. The van der Waals surface area contributed by atoms with Gasteiger partial charge >= 0.3 is 0 Å². The first kappa shape index (κ1) is 28.8. The van der Waals surface area contributed by atoms with Gasteiger partial charge in [0.1, 0.15) is 17.1 Å². The summed E-state index contributed by atoms with van der Waals surface area (Å²) in [6, 6.07) is 14.5. The van der Waals surface area contributed by atoms with Crippen molar-refractivity contribution < 1.29 is 22.7 Å². The standard InChI is InChI=1S/C29H28ClN3O6S/c1-5-14-38-23-9-6-8-20(25(23)30)22-12-11-21(27(34)33-40(36,37)24-10-7-13-31-28(24)35)29(32-22)39-26-18(3)15-17(2)16-19(26)4/h6-13,15-16H,5,14H2,1-4H3,(H,31,35)(H,33,34). The first-order valence-electron chi connectivity index (χ1n) is 12.4. The third kappa shape index (κ3) is 6.19.